The first kappa shape index (κ1) is 19.5. The van der Waals surface area contributed by atoms with E-state index in [4.69, 9.17) is 0 Å². The summed E-state index contributed by atoms with van der Waals surface area (Å²) in [6.07, 6.45) is 3.30. The van der Waals surface area contributed by atoms with Gasteiger partial charge in [0.2, 0.25) is 0 Å². The van der Waals surface area contributed by atoms with Crippen LogP contribution in [-0.4, -0.2) is 44.3 Å². The molecule has 0 radical (unpaired) electrons. The number of aromatic carboxylic acids is 2. The Labute approximate surface area is 179 Å². The highest BCUT2D eigenvalue weighted by atomic mass is 16.4. The van der Waals surface area contributed by atoms with Gasteiger partial charge in [0.25, 0.3) is 0 Å². The Hall–Kier alpha value is -4.46. The van der Waals surface area contributed by atoms with E-state index in [1.54, 1.807) is 12.1 Å². The summed E-state index contributed by atoms with van der Waals surface area (Å²) in [5, 5.41) is 40.9. The average Bonchev–Trinajstić information content (AvgIpc) is 2.75. The van der Waals surface area contributed by atoms with Gasteiger partial charge in [-0.05, 0) is 57.6 Å². The summed E-state index contributed by atoms with van der Waals surface area (Å²) in [4.78, 5) is 47.6. The summed E-state index contributed by atoms with van der Waals surface area (Å²) in [6.45, 7) is 0. The minimum absolute atomic E-state index is 0.105. The first-order chi connectivity index (χ1) is 15.2. The molecule has 158 valence electrons. The molecule has 0 aromatic heterocycles. The van der Waals surface area contributed by atoms with Gasteiger partial charge in [0, 0.05) is 11.1 Å². The Kier molecular flexibility index (Phi) is 3.97. The zero-order chi connectivity index (χ0) is 22.9. The topological polar surface area (TPSA) is 149 Å². The molecule has 3 aromatic carbocycles. The van der Waals surface area contributed by atoms with E-state index >= 15 is 0 Å². The van der Waals surface area contributed by atoms with Crippen LogP contribution in [0, 0.1) is 0 Å². The monoisotopic (exact) mass is 430 g/mol. The fraction of sp³-hybridized carbons (Fsp3) is 0.0833. The molecule has 8 heteroatoms. The van der Waals surface area contributed by atoms with Crippen LogP contribution in [0.2, 0.25) is 0 Å². The van der Waals surface area contributed by atoms with Crippen LogP contribution in [0.15, 0.2) is 36.4 Å². The number of allylic oxidation sites excluding steroid dienone is 2. The van der Waals surface area contributed by atoms with E-state index in [1.165, 1.54) is 24.3 Å². The highest BCUT2D eigenvalue weighted by molar-refractivity contribution is 6.30. The van der Waals surface area contributed by atoms with Gasteiger partial charge in [-0.3, -0.25) is 0 Å². The van der Waals surface area contributed by atoms with Crippen LogP contribution < -0.4 is 0 Å². The molecule has 0 bridgehead atoms. The molecule has 0 fully saturated rings. The van der Waals surface area contributed by atoms with Crippen molar-refractivity contribution in [1.29, 1.82) is 0 Å². The van der Waals surface area contributed by atoms with Crippen molar-refractivity contribution in [2.45, 2.75) is 12.8 Å². The normalized spacial score (nSPS) is 14.1. The molecule has 0 aliphatic heterocycles. The Morgan fingerprint density at radius 1 is 0.562 bits per heavy atom. The SMILES string of the molecule is O=C(O)C1=CCc2c3c4c(c(C(=O)O)ccc4c4ccc(C(=O)O)c1c24)C(C(=O)O)=CC3. The van der Waals surface area contributed by atoms with E-state index in [9.17, 15) is 39.6 Å². The lowest BCUT2D eigenvalue weighted by atomic mass is 9.76. The van der Waals surface area contributed by atoms with Crippen molar-refractivity contribution in [3.8, 4) is 0 Å². The maximum absolute atomic E-state index is 11.9. The molecule has 32 heavy (non-hydrogen) atoms. The van der Waals surface area contributed by atoms with E-state index < -0.39 is 23.9 Å². The number of fused-ring (bicyclic) bond motifs is 2. The number of hydrogen-bond donors (Lipinski definition) is 4. The van der Waals surface area contributed by atoms with Gasteiger partial charge < -0.3 is 20.4 Å². The van der Waals surface area contributed by atoms with E-state index in [1.807, 2.05) is 0 Å². The number of carboxylic acid groups (broad SMARTS) is 4. The molecule has 3 aromatic rings. The lowest BCUT2D eigenvalue weighted by Gasteiger charge is -2.27. The molecule has 2 aliphatic carbocycles. The van der Waals surface area contributed by atoms with E-state index in [2.05, 4.69) is 0 Å². The molecule has 0 heterocycles. The largest absolute Gasteiger partial charge is 0.478 e. The molecule has 0 spiro atoms. The average molecular weight is 430 g/mol. The quantitative estimate of drug-likeness (QED) is 0.460. The highest BCUT2D eigenvalue weighted by Crippen LogP contribution is 2.46. The summed E-state index contributed by atoms with van der Waals surface area (Å²) in [5.41, 5.74) is 1.09. The maximum Gasteiger partial charge on any atom is 0.336 e. The molecule has 0 unspecified atom stereocenters. The van der Waals surface area contributed by atoms with Gasteiger partial charge >= 0.3 is 23.9 Å². The Bertz CT molecular complexity index is 1410. The molecule has 5 rings (SSSR count). The highest BCUT2D eigenvalue weighted by Gasteiger charge is 2.32. The summed E-state index contributed by atoms with van der Waals surface area (Å²) in [6, 6.07) is 5.79. The fourth-order valence-corrected chi connectivity index (χ4v) is 4.95. The third-order valence-corrected chi connectivity index (χ3v) is 6.15. The van der Waals surface area contributed by atoms with Crippen molar-refractivity contribution in [1.82, 2.24) is 0 Å². The fourth-order valence-electron chi connectivity index (χ4n) is 4.95. The molecule has 0 amide bonds. The smallest absolute Gasteiger partial charge is 0.336 e. The summed E-state index contributed by atoms with van der Waals surface area (Å²) in [5.74, 6) is -5.00. The van der Waals surface area contributed by atoms with Crippen LogP contribution in [-0.2, 0) is 22.4 Å². The molecule has 0 saturated heterocycles. The first-order valence-electron chi connectivity index (χ1n) is 9.63. The van der Waals surface area contributed by atoms with Gasteiger partial charge in [0.05, 0.1) is 22.3 Å². The zero-order valence-electron chi connectivity index (χ0n) is 16.3. The second kappa shape index (κ2) is 6.52. The van der Waals surface area contributed by atoms with Gasteiger partial charge in [-0.25, -0.2) is 19.2 Å². The van der Waals surface area contributed by atoms with Crippen LogP contribution in [0.3, 0.4) is 0 Å². The van der Waals surface area contributed by atoms with Crippen molar-refractivity contribution in [3.05, 3.63) is 69.8 Å². The van der Waals surface area contributed by atoms with Crippen LogP contribution in [0.1, 0.15) is 43.0 Å². The minimum atomic E-state index is -1.26. The number of carbonyl (C=O) groups is 4. The first-order valence-corrected chi connectivity index (χ1v) is 9.63. The summed E-state index contributed by atoms with van der Waals surface area (Å²) in [7, 11) is 0. The van der Waals surface area contributed by atoms with Gasteiger partial charge in [-0.2, -0.15) is 0 Å². The van der Waals surface area contributed by atoms with Crippen LogP contribution in [0.25, 0.3) is 32.7 Å². The van der Waals surface area contributed by atoms with Gasteiger partial charge in [0.15, 0.2) is 0 Å². The molecular formula is C24H14O8. The minimum Gasteiger partial charge on any atom is -0.478 e. The molecular weight excluding hydrogens is 416 g/mol. The van der Waals surface area contributed by atoms with Crippen molar-refractivity contribution >= 4 is 56.6 Å². The number of rotatable bonds is 4. The van der Waals surface area contributed by atoms with Crippen LogP contribution >= 0.6 is 0 Å². The zero-order valence-corrected chi connectivity index (χ0v) is 16.3. The standard InChI is InChI=1S/C24H14O8/c25-21(26)13-5-1-9-10-2-6-15(23(29)30)20-16(24(31)32)8-4-12(18(10)20)11-3-7-14(22(27)28)19(13)17(9)11/h1-2,5-8H,3-4H2,(H,25,26)(H,27,28)(H,29,30)(H,31,32). The van der Waals surface area contributed by atoms with Crippen molar-refractivity contribution in [2.24, 2.45) is 0 Å². The van der Waals surface area contributed by atoms with E-state index in [-0.39, 0.29) is 46.2 Å². The maximum atomic E-state index is 11.9. The van der Waals surface area contributed by atoms with Crippen LogP contribution in [0.4, 0.5) is 0 Å². The number of carboxylic acids is 4. The second-order valence-corrected chi connectivity index (χ2v) is 7.64. The molecule has 0 saturated carbocycles. The Balaban J connectivity index is 2.04. The predicted octanol–water partition coefficient (Wildman–Crippen LogP) is 3.44. The molecule has 8 nitrogen and oxygen atoms in total. The van der Waals surface area contributed by atoms with Gasteiger partial charge in [-0.15, -0.1) is 0 Å². The Morgan fingerprint density at radius 2 is 0.938 bits per heavy atom. The second-order valence-electron chi connectivity index (χ2n) is 7.64. The lowest BCUT2D eigenvalue weighted by molar-refractivity contribution is -0.131. The van der Waals surface area contributed by atoms with Crippen LogP contribution in [0.5, 0.6) is 0 Å². The lowest BCUT2D eigenvalue weighted by Crippen LogP contribution is -2.16. The van der Waals surface area contributed by atoms with Crippen molar-refractivity contribution in [2.75, 3.05) is 0 Å². The predicted molar refractivity (Wildman–Crippen MR) is 114 cm³/mol. The van der Waals surface area contributed by atoms with E-state index in [0.717, 1.165) is 0 Å². The third-order valence-electron chi connectivity index (χ3n) is 6.15. The molecule has 2 aliphatic rings. The molecule has 0 atom stereocenters. The van der Waals surface area contributed by atoms with Crippen molar-refractivity contribution < 1.29 is 39.6 Å². The third kappa shape index (κ3) is 2.43. The summed E-state index contributed by atoms with van der Waals surface area (Å²) >= 11 is 0. The van der Waals surface area contributed by atoms with E-state index in [0.29, 0.717) is 32.7 Å². The van der Waals surface area contributed by atoms with Crippen molar-refractivity contribution in [3.63, 3.8) is 0 Å². The number of benzene rings is 3. The Morgan fingerprint density at radius 3 is 1.25 bits per heavy atom. The number of hydrogen-bond acceptors (Lipinski definition) is 4. The van der Waals surface area contributed by atoms with Gasteiger partial charge in [-0.1, -0.05) is 24.3 Å². The molecule has 4 N–H and O–H groups in total. The van der Waals surface area contributed by atoms with Gasteiger partial charge in [0.1, 0.15) is 0 Å². The summed E-state index contributed by atoms with van der Waals surface area (Å²) < 4.78 is 0. The number of aliphatic carboxylic acids is 2.